The van der Waals surface area contributed by atoms with E-state index in [0.717, 1.165) is 37.2 Å². The Kier molecular flexibility index (Phi) is 8.66. The van der Waals surface area contributed by atoms with Crippen LogP contribution >= 0.6 is 0 Å². The van der Waals surface area contributed by atoms with Crippen LogP contribution in [0.5, 0.6) is 5.75 Å². The second-order valence-corrected chi connectivity index (χ2v) is 11.0. The lowest BCUT2D eigenvalue weighted by atomic mass is 9.90. The Morgan fingerprint density at radius 3 is 2.60 bits per heavy atom. The Morgan fingerprint density at radius 2 is 1.85 bits per heavy atom. The number of para-hydroxylation sites is 1. The molecule has 40 heavy (non-hydrogen) atoms. The number of ether oxygens (including phenoxy) is 1. The van der Waals surface area contributed by atoms with E-state index < -0.39 is 0 Å². The summed E-state index contributed by atoms with van der Waals surface area (Å²) in [5.74, 6) is 1.18. The maximum atomic E-state index is 13.5. The van der Waals surface area contributed by atoms with Crippen molar-refractivity contribution < 1.29 is 9.53 Å². The predicted molar refractivity (Wildman–Crippen MR) is 161 cm³/mol. The number of methoxy groups -OCH3 is 1. The van der Waals surface area contributed by atoms with E-state index in [9.17, 15) is 4.79 Å². The number of fused-ring (bicyclic) bond motifs is 1. The number of carbonyl (C=O) groups excluding carboxylic acids is 1. The minimum Gasteiger partial charge on any atom is -0.496 e. The number of pyridine rings is 1. The third-order valence-electron chi connectivity index (χ3n) is 7.90. The van der Waals surface area contributed by atoms with Gasteiger partial charge < -0.3 is 19.9 Å². The fourth-order valence-electron chi connectivity index (χ4n) is 5.95. The van der Waals surface area contributed by atoms with Crippen LogP contribution < -0.4 is 10.1 Å². The summed E-state index contributed by atoms with van der Waals surface area (Å²) < 4.78 is 5.50. The summed E-state index contributed by atoms with van der Waals surface area (Å²) in [6.45, 7) is 9.71. The van der Waals surface area contributed by atoms with Crippen LogP contribution in [0.1, 0.15) is 51.9 Å². The van der Waals surface area contributed by atoms with Gasteiger partial charge in [-0.05, 0) is 85.3 Å². The number of rotatable bonds is 10. The normalized spacial score (nSPS) is 13.7. The van der Waals surface area contributed by atoms with Crippen molar-refractivity contribution in [2.45, 2.75) is 52.5 Å². The van der Waals surface area contributed by atoms with Gasteiger partial charge >= 0.3 is 0 Å². The van der Waals surface area contributed by atoms with Crippen molar-refractivity contribution in [1.82, 2.24) is 20.2 Å². The standard InChI is InChI=1S/C34H40N4O2/c1-23-17-24(2)19-28(18-23)34-33(25(3)21-36-15-11-26-9-13-35-14-10-26)29-22-38(16-12-30(29)37-34)32(39)20-27-7-5-6-8-31(27)40-4/h5-10,13-14,17-19,25,36-37H,11-12,15-16,20-22H2,1-4H3/t25-/m1/s1. The number of nitrogens with one attached hydrogen (secondary N) is 2. The van der Waals surface area contributed by atoms with Crippen molar-refractivity contribution in [3.05, 3.63) is 106 Å². The second-order valence-electron chi connectivity index (χ2n) is 11.0. The summed E-state index contributed by atoms with van der Waals surface area (Å²) in [5, 5.41) is 3.68. The number of benzene rings is 2. The third kappa shape index (κ3) is 6.28. The van der Waals surface area contributed by atoms with Gasteiger partial charge in [-0.25, -0.2) is 0 Å². The molecule has 0 radical (unpaired) electrons. The number of amides is 1. The van der Waals surface area contributed by atoms with Crippen LogP contribution in [0.25, 0.3) is 11.3 Å². The van der Waals surface area contributed by atoms with Crippen LogP contribution in [0, 0.1) is 13.8 Å². The van der Waals surface area contributed by atoms with E-state index in [4.69, 9.17) is 4.74 Å². The topological polar surface area (TPSA) is 70.2 Å². The number of H-pyrrole nitrogens is 1. The van der Waals surface area contributed by atoms with Gasteiger partial charge in [0.2, 0.25) is 5.91 Å². The molecule has 1 aliphatic rings. The zero-order valence-electron chi connectivity index (χ0n) is 24.1. The van der Waals surface area contributed by atoms with E-state index in [1.807, 2.05) is 41.6 Å². The Labute approximate surface area is 237 Å². The molecule has 0 fully saturated rings. The number of aryl methyl sites for hydroxylation is 2. The van der Waals surface area contributed by atoms with E-state index in [0.29, 0.717) is 19.5 Å². The summed E-state index contributed by atoms with van der Waals surface area (Å²) in [6, 6.07) is 18.7. The number of aromatic amines is 1. The van der Waals surface area contributed by atoms with Gasteiger partial charge in [-0.3, -0.25) is 9.78 Å². The first-order chi connectivity index (χ1) is 19.4. The van der Waals surface area contributed by atoms with Gasteiger partial charge in [-0.15, -0.1) is 0 Å². The molecule has 1 aliphatic heterocycles. The first-order valence-corrected chi connectivity index (χ1v) is 14.2. The van der Waals surface area contributed by atoms with Crippen LogP contribution in [0.3, 0.4) is 0 Å². The second kappa shape index (κ2) is 12.5. The quantitative estimate of drug-likeness (QED) is 0.253. The summed E-state index contributed by atoms with van der Waals surface area (Å²) in [5.41, 5.74) is 11.0. The molecule has 0 unspecified atom stereocenters. The molecule has 4 aromatic rings. The van der Waals surface area contributed by atoms with Crippen molar-refractivity contribution in [2.24, 2.45) is 0 Å². The number of hydrogen-bond acceptors (Lipinski definition) is 4. The molecule has 0 saturated carbocycles. The molecule has 0 bridgehead atoms. The minimum atomic E-state index is 0.137. The van der Waals surface area contributed by atoms with Crippen LogP contribution in [-0.4, -0.2) is 47.5 Å². The molecule has 1 amide bonds. The zero-order chi connectivity index (χ0) is 28.1. The highest BCUT2D eigenvalue weighted by atomic mass is 16.5. The molecular weight excluding hydrogens is 496 g/mol. The minimum absolute atomic E-state index is 0.137. The summed E-state index contributed by atoms with van der Waals surface area (Å²) in [4.78, 5) is 23.4. The average molecular weight is 537 g/mol. The number of carbonyl (C=O) groups is 1. The van der Waals surface area contributed by atoms with Crippen molar-refractivity contribution in [2.75, 3.05) is 26.7 Å². The molecule has 3 heterocycles. The molecule has 6 nitrogen and oxygen atoms in total. The SMILES string of the molecule is COc1ccccc1CC(=O)N1CCc2[nH]c(-c3cc(C)cc(C)c3)c([C@H](C)CNCCc3ccncc3)c2C1. The fraction of sp³-hybridized carbons (Fsp3) is 0.353. The maximum absolute atomic E-state index is 13.5. The van der Waals surface area contributed by atoms with Crippen LogP contribution in [0.15, 0.2) is 67.0 Å². The van der Waals surface area contributed by atoms with Crippen molar-refractivity contribution in [3.63, 3.8) is 0 Å². The van der Waals surface area contributed by atoms with Gasteiger partial charge in [0.05, 0.1) is 13.5 Å². The monoisotopic (exact) mass is 536 g/mol. The van der Waals surface area contributed by atoms with Crippen LogP contribution in [0.4, 0.5) is 0 Å². The van der Waals surface area contributed by atoms with Gasteiger partial charge in [0.1, 0.15) is 5.75 Å². The lowest BCUT2D eigenvalue weighted by molar-refractivity contribution is -0.131. The highest BCUT2D eigenvalue weighted by Gasteiger charge is 2.29. The molecule has 2 aromatic heterocycles. The summed E-state index contributed by atoms with van der Waals surface area (Å²) in [7, 11) is 1.66. The molecule has 5 rings (SSSR count). The van der Waals surface area contributed by atoms with Crippen molar-refractivity contribution in [1.29, 1.82) is 0 Å². The molecule has 2 aromatic carbocycles. The van der Waals surface area contributed by atoms with Gasteiger partial charge in [-0.1, -0.05) is 42.3 Å². The summed E-state index contributed by atoms with van der Waals surface area (Å²) in [6.07, 6.45) is 5.83. The highest BCUT2D eigenvalue weighted by Crippen LogP contribution is 2.37. The third-order valence-corrected chi connectivity index (χ3v) is 7.90. The molecule has 0 aliphatic carbocycles. The van der Waals surface area contributed by atoms with E-state index in [1.54, 1.807) is 7.11 Å². The predicted octanol–water partition coefficient (Wildman–Crippen LogP) is 5.77. The Balaban J connectivity index is 1.39. The van der Waals surface area contributed by atoms with E-state index in [2.05, 4.69) is 66.4 Å². The highest BCUT2D eigenvalue weighted by molar-refractivity contribution is 5.80. The largest absolute Gasteiger partial charge is 0.496 e. The molecular formula is C34H40N4O2. The molecule has 0 spiro atoms. The Hall–Kier alpha value is -3.90. The fourth-order valence-corrected chi connectivity index (χ4v) is 5.95. The molecule has 208 valence electrons. The Morgan fingerprint density at radius 1 is 1.10 bits per heavy atom. The summed E-state index contributed by atoms with van der Waals surface area (Å²) >= 11 is 0. The average Bonchev–Trinajstić information content (AvgIpc) is 3.35. The van der Waals surface area contributed by atoms with Crippen molar-refractivity contribution in [3.8, 4) is 17.0 Å². The van der Waals surface area contributed by atoms with Gasteiger partial charge in [0.25, 0.3) is 0 Å². The molecule has 1 atom stereocenters. The van der Waals surface area contributed by atoms with Gasteiger partial charge in [0, 0.05) is 55.4 Å². The lowest BCUT2D eigenvalue weighted by Crippen LogP contribution is -2.37. The first kappa shape index (κ1) is 27.7. The number of hydrogen-bond donors (Lipinski definition) is 2. The van der Waals surface area contributed by atoms with Crippen LogP contribution in [0.2, 0.25) is 0 Å². The van der Waals surface area contributed by atoms with E-state index >= 15 is 0 Å². The smallest absolute Gasteiger partial charge is 0.227 e. The van der Waals surface area contributed by atoms with Gasteiger partial charge in [-0.2, -0.15) is 0 Å². The van der Waals surface area contributed by atoms with E-state index in [-0.39, 0.29) is 11.8 Å². The molecule has 6 heteroatoms. The van der Waals surface area contributed by atoms with Crippen LogP contribution in [-0.2, 0) is 30.6 Å². The number of nitrogens with zero attached hydrogens (tertiary/aromatic N) is 2. The van der Waals surface area contributed by atoms with Gasteiger partial charge in [0.15, 0.2) is 0 Å². The van der Waals surface area contributed by atoms with Crippen molar-refractivity contribution >= 4 is 5.91 Å². The molecule has 2 N–H and O–H groups in total. The zero-order valence-corrected chi connectivity index (χ0v) is 24.1. The maximum Gasteiger partial charge on any atom is 0.227 e. The Bertz CT molecular complexity index is 1440. The first-order valence-electron chi connectivity index (χ1n) is 14.2. The molecule has 0 saturated heterocycles. The van der Waals surface area contributed by atoms with E-state index in [1.165, 1.54) is 44.8 Å². The number of aromatic nitrogens is 2. The lowest BCUT2D eigenvalue weighted by Gasteiger charge is -2.29.